The van der Waals surface area contributed by atoms with E-state index in [2.05, 4.69) is 194 Å². The van der Waals surface area contributed by atoms with Crippen LogP contribution in [0.2, 0.25) is 0 Å². The average molecular weight is 689 g/mol. The van der Waals surface area contributed by atoms with Crippen LogP contribution in [0.25, 0.3) is 108 Å². The molecule has 0 aliphatic carbocycles. The molecule has 0 N–H and O–H groups in total. The van der Waals surface area contributed by atoms with Gasteiger partial charge in [-0.2, -0.15) is 0 Å². The SMILES string of the molecule is c1ccc2cc(-c3ccc4cc(-c5cccc6c5sc5c(-c7ccc8cc(-c9ccc%10ccccc%10c9)ccc8c7)cccc56)ccc4c3)ccc2c1. The zero-order chi connectivity index (χ0) is 34.9. The number of rotatable bonds is 4. The van der Waals surface area contributed by atoms with Crippen LogP contribution in [0.5, 0.6) is 0 Å². The van der Waals surface area contributed by atoms with Crippen molar-refractivity contribution in [3.8, 4) is 44.5 Å². The predicted molar refractivity (Wildman–Crippen MR) is 231 cm³/mol. The number of fused-ring (bicyclic) bond motifs is 7. The average Bonchev–Trinajstić information content (AvgIpc) is 3.62. The number of benzene rings is 10. The fourth-order valence-corrected chi connectivity index (χ4v) is 9.57. The van der Waals surface area contributed by atoms with E-state index in [4.69, 9.17) is 0 Å². The second-order valence-electron chi connectivity index (χ2n) is 14.1. The third-order valence-corrected chi connectivity index (χ3v) is 12.3. The monoisotopic (exact) mass is 688 g/mol. The molecule has 0 aliphatic rings. The minimum absolute atomic E-state index is 1.24. The highest BCUT2D eigenvalue weighted by atomic mass is 32.1. The van der Waals surface area contributed by atoms with Gasteiger partial charge in [0.15, 0.2) is 0 Å². The van der Waals surface area contributed by atoms with Gasteiger partial charge >= 0.3 is 0 Å². The summed E-state index contributed by atoms with van der Waals surface area (Å²) in [6.07, 6.45) is 0. The predicted octanol–water partition coefficient (Wildman–Crippen LogP) is 15.3. The van der Waals surface area contributed by atoms with Gasteiger partial charge < -0.3 is 0 Å². The molecule has 0 spiro atoms. The molecular formula is C52H32S. The van der Waals surface area contributed by atoms with E-state index in [-0.39, 0.29) is 0 Å². The molecule has 0 saturated carbocycles. The third-order valence-electron chi connectivity index (χ3n) is 11.0. The zero-order valence-corrected chi connectivity index (χ0v) is 29.7. The Morgan fingerprint density at radius 2 is 0.528 bits per heavy atom. The molecule has 0 bridgehead atoms. The third kappa shape index (κ3) is 5.12. The molecule has 246 valence electrons. The van der Waals surface area contributed by atoms with Crippen LogP contribution in [-0.2, 0) is 0 Å². The van der Waals surface area contributed by atoms with Crippen molar-refractivity contribution in [3.05, 3.63) is 194 Å². The number of hydrogen-bond donors (Lipinski definition) is 0. The maximum absolute atomic E-state index is 2.36. The summed E-state index contributed by atoms with van der Waals surface area (Å²) in [6, 6.07) is 71.8. The van der Waals surface area contributed by atoms with Gasteiger partial charge in [0.25, 0.3) is 0 Å². The molecule has 11 aromatic rings. The van der Waals surface area contributed by atoms with Gasteiger partial charge in [0.1, 0.15) is 0 Å². The normalized spacial score (nSPS) is 11.8. The molecule has 0 atom stereocenters. The number of hydrogen-bond acceptors (Lipinski definition) is 1. The van der Waals surface area contributed by atoms with Crippen molar-refractivity contribution in [2.45, 2.75) is 0 Å². The largest absolute Gasteiger partial charge is 0.134 e. The van der Waals surface area contributed by atoms with E-state index in [1.165, 1.54) is 108 Å². The van der Waals surface area contributed by atoms with Crippen LogP contribution >= 0.6 is 11.3 Å². The van der Waals surface area contributed by atoms with Crippen molar-refractivity contribution in [1.29, 1.82) is 0 Å². The van der Waals surface area contributed by atoms with E-state index in [0.717, 1.165) is 0 Å². The topological polar surface area (TPSA) is 0 Å². The highest BCUT2D eigenvalue weighted by Crippen LogP contribution is 2.44. The standard InChI is InChI=1S/C52H32S/c1-3-9-35-27-37(17-15-33(35)7-1)39-19-21-43-31-45(25-23-41(43)29-39)47-11-5-13-49-50-14-6-12-48(52(50)53-51(47)49)46-26-24-42-30-40(20-22-44(42)32-46)38-18-16-34-8-2-4-10-36(34)28-38/h1-32H. The lowest BCUT2D eigenvalue weighted by Crippen LogP contribution is -1.83. The Morgan fingerprint density at radius 1 is 0.226 bits per heavy atom. The molecule has 11 rings (SSSR count). The molecule has 0 unspecified atom stereocenters. The Labute approximate surface area is 311 Å². The smallest absolute Gasteiger partial charge is 0.0434 e. The zero-order valence-electron chi connectivity index (χ0n) is 28.9. The Hall–Kier alpha value is -6.54. The highest BCUT2D eigenvalue weighted by Gasteiger charge is 2.15. The summed E-state index contributed by atoms with van der Waals surface area (Å²) >= 11 is 1.92. The van der Waals surface area contributed by atoms with E-state index in [0.29, 0.717) is 0 Å². The van der Waals surface area contributed by atoms with Crippen LogP contribution in [0.15, 0.2) is 194 Å². The van der Waals surface area contributed by atoms with Crippen molar-refractivity contribution < 1.29 is 0 Å². The van der Waals surface area contributed by atoms with Gasteiger partial charge in [0, 0.05) is 20.2 Å². The van der Waals surface area contributed by atoms with Crippen molar-refractivity contribution >= 4 is 74.6 Å². The molecule has 1 heteroatoms. The van der Waals surface area contributed by atoms with E-state index in [9.17, 15) is 0 Å². The van der Waals surface area contributed by atoms with Gasteiger partial charge in [0.2, 0.25) is 0 Å². The van der Waals surface area contributed by atoms with Gasteiger partial charge in [-0.1, -0.05) is 158 Å². The first-order valence-electron chi connectivity index (χ1n) is 18.2. The highest BCUT2D eigenvalue weighted by molar-refractivity contribution is 7.26. The maximum Gasteiger partial charge on any atom is 0.0434 e. The lowest BCUT2D eigenvalue weighted by Gasteiger charge is -2.09. The first kappa shape index (κ1) is 30.1. The van der Waals surface area contributed by atoms with Crippen LogP contribution in [0.3, 0.4) is 0 Å². The van der Waals surface area contributed by atoms with Crippen LogP contribution in [0.4, 0.5) is 0 Å². The Bertz CT molecular complexity index is 3020. The summed E-state index contributed by atoms with van der Waals surface area (Å²) in [5.74, 6) is 0. The van der Waals surface area contributed by atoms with E-state index in [1.807, 2.05) is 11.3 Å². The molecule has 0 nitrogen and oxygen atoms in total. The van der Waals surface area contributed by atoms with Gasteiger partial charge in [-0.3, -0.25) is 0 Å². The Kier molecular flexibility index (Phi) is 6.83. The molecule has 10 aromatic carbocycles. The summed E-state index contributed by atoms with van der Waals surface area (Å²) in [6.45, 7) is 0. The maximum atomic E-state index is 2.36. The molecular weight excluding hydrogens is 657 g/mol. The van der Waals surface area contributed by atoms with Crippen molar-refractivity contribution in [1.82, 2.24) is 0 Å². The van der Waals surface area contributed by atoms with Crippen molar-refractivity contribution in [3.63, 3.8) is 0 Å². The Morgan fingerprint density at radius 3 is 0.925 bits per heavy atom. The van der Waals surface area contributed by atoms with Gasteiger partial charge in [-0.25, -0.2) is 0 Å². The second kappa shape index (κ2) is 12.0. The minimum Gasteiger partial charge on any atom is -0.134 e. The summed E-state index contributed by atoms with van der Waals surface area (Å²) < 4.78 is 2.67. The lowest BCUT2D eigenvalue weighted by molar-refractivity contribution is 1.66. The molecule has 1 aromatic heterocycles. The van der Waals surface area contributed by atoms with E-state index in [1.54, 1.807) is 0 Å². The second-order valence-corrected chi connectivity index (χ2v) is 15.2. The van der Waals surface area contributed by atoms with Gasteiger partial charge in [0.05, 0.1) is 0 Å². The summed E-state index contributed by atoms with van der Waals surface area (Å²) in [5, 5.41) is 12.7. The molecule has 0 saturated heterocycles. The molecule has 0 radical (unpaired) electrons. The molecule has 0 fully saturated rings. The first-order valence-corrected chi connectivity index (χ1v) is 19.0. The van der Waals surface area contributed by atoms with Crippen LogP contribution in [0, 0.1) is 0 Å². The van der Waals surface area contributed by atoms with E-state index >= 15 is 0 Å². The summed E-state index contributed by atoms with van der Waals surface area (Å²) in [7, 11) is 0. The fraction of sp³-hybridized carbons (Fsp3) is 0. The molecule has 0 amide bonds. The molecule has 1 heterocycles. The van der Waals surface area contributed by atoms with Crippen LogP contribution < -0.4 is 0 Å². The van der Waals surface area contributed by atoms with Gasteiger partial charge in [-0.15, -0.1) is 11.3 Å². The molecule has 53 heavy (non-hydrogen) atoms. The van der Waals surface area contributed by atoms with Crippen LogP contribution in [0.1, 0.15) is 0 Å². The molecule has 0 aliphatic heterocycles. The summed E-state index contributed by atoms with van der Waals surface area (Å²) in [5.41, 5.74) is 10.1. The number of thiophene rings is 1. The van der Waals surface area contributed by atoms with Gasteiger partial charge in [-0.05, 0) is 124 Å². The quantitative estimate of drug-likeness (QED) is 0.173. The minimum atomic E-state index is 1.24. The lowest BCUT2D eigenvalue weighted by atomic mass is 9.95. The van der Waals surface area contributed by atoms with E-state index < -0.39 is 0 Å². The van der Waals surface area contributed by atoms with Crippen LogP contribution in [-0.4, -0.2) is 0 Å². The first-order chi connectivity index (χ1) is 26.2. The summed E-state index contributed by atoms with van der Waals surface area (Å²) in [4.78, 5) is 0. The van der Waals surface area contributed by atoms with Crippen molar-refractivity contribution in [2.75, 3.05) is 0 Å². The van der Waals surface area contributed by atoms with Crippen molar-refractivity contribution in [2.24, 2.45) is 0 Å². The Balaban J connectivity index is 0.959. The fourth-order valence-electron chi connectivity index (χ4n) is 8.20.